The van der Waals surface area contributed by atoms with Gasteiger partial charge in [-0.2, -0.15) is 0 Å². The van der Waals surface area contributed by atoms with Gasteiger partial charge in [-0.1, -0.05) is 65.2 Å². The van der Waals surface area contributed by atoms with Crippen molar-refractivity contribution < 1.29 is 13.2 Å². The summed E-state index contributed by atoms with van der Waals surface area (Å²) in [6.07, 6.45) is 10.3. The summed E-state index contributed by atoms with van der Waals surface area (Å²) >= 11 is 0. The fourth-order valence-electron chi connectivity index (χ4n) is 2.28. The Morgan fingerprint density at radius 3 is 1.89 bits per heavy atom. The molecule has 1 atom stereocenters. The highest BCUT2D eigenvalue weighted by atomic mass is 28.4. The van der Waals surface area contributed by atoms with Crippen molar-refractivity contribution in [3.63, 3.8) is 0 Å². The molecular weight excluding hydrogens is 247 g/mol. The van der Waals surface area contributed by atoms with Crippen LogP contribution in [0.5, 0.6) is 0 Å². The normalized spacial score (nSPS) is 14.7. The summed E-state index contributed by atoms with van der Waals surface area (Å²) in [4.78, 5) is 0. The topological polar surface area (TPSA) is 18.5 Å². The lowest BCUT2D eigenvalue weighted by Crippen LogP contribution is -2.40. The number of alkyl halides is 1. The first-order chi connectivity index (χ1) is 8.74. The van der Waals surface area contributed by atoms with Gasteiger partial charge in [0.1, 0.15) is 0 Å². The van der Waals surface area contributed by atoms with Crippen molar-refractivity contribution in [1.82, 2.24) is 0 Å². The monoisotopic (exact) mass is 278 g/mol. The fraction of sp³-hybridized carbons (Fsp3) is 1.00. The zero-order valence-electron chi connectivity index (χ0n) is 12.5. The second-order valence-corrected chi connectivity index (χ2v) is 8.67. The van der Waals surface area contributed by atoms with Gasteiger partial charge in [0.05, 0.1) is 0 Å². The summed E-state index contributed by atoms with van der Waals surface area (Å²) in [5, 5.41) is 0. The number of hydrogen-bond acceptors (Lipinski definition) is 2. The van der Waals surface area contributed by atoms with Gasteiger partial charge < -0.3 is 8.85 Å². The first-order valence-corrected chi connectivity index (χ1v) is 9.72. The molecule has 0 saturated carbocycles. The third kappa shape index (κ3) is 8.22. The molecule has 0 rings (SSSR count). The van der Waals surface area contributed by atoms with Gasteiger partial charge in [0, 0.05) is 7.11 Å². The summed E-state index contributed by atoms with van der Waals surface area (Å²) < 4.78 is 23.0. The predicted octanol–water partition coefficient (Wildman–Crippen LogP) is 5.18. The molecule has 2 nitrogen and oxygen atoms in total. The van der Waals surface area contributed by atoms with Gasteiger partial charge in [0.25, 0.3) is 0 Å². The van der Waals surface area contributed by atoms with Crippen LogP contribution in [-0.2, 0) is 8.85 Å². The van der Waals surface area contributed by atoms with E-state index in [0.717, 1.165) is 18.5 Å². The molecule has 0 aliphatic rings. The van der Waals surface area contributed by atoms with E-state index >= 15 is 0 Å². The highest BCUT2D eigenvalue weighted by Gasteiger charge is 2.33. The molecular formula is C14H31FO2Si. The molecule has 0 N–H and O–H groups in total. The van der Waals surface area contributed by atoms with Gasteiger partial charge in [-0.05, 0) is 12.1 Å². The van der Waals surface area contributed by atoms with Crippen molar-refractivity contribution >= 4 is 8.56 Å². The maximum absolute atomic E-state index is 12.3. The second-order valence-electron chi connectivity index (χ2n) is 4.95. The van der Waals surface area contributed by atoms with Crippen LogP contribution in [0.4, 0.5) is 4.39 Å². The van der Waals surface area contributed by atoms with Crippen LogP contribution < -0.4 is 0 Å². The molecule has 1 unspecified atom stereocenters. The van der Waals surface area contributed by atoms with Gasteiger partial charge in [0.2, 0.25) is 0 Å². The predicted molar refractivity (Wildman–Crippen MR) is 77.7 cm³/mol. The van der Waals surface area contributed by atoms with E-state index in [1.54, 1.807) is 7.11 Å². The molecule has 0 aromatic carbocycles. The van der Waals surface area contributed by atoms with Crippen LogP contribution >= 0.6 is 0 Å². The molecule has 0 radical (unpaired) electrons. The Balaban J connectivity index is 3.55. The molecule has 110 valence electrons. The number of halogens is 1. The third-order valence-electron chi connectivity index (χ3n) is 3.64. The molecule has 0 aliphatic heterocycles. The molecule has 18 heavy (non-hydrogen) atoms. The maximum Gasteiger partial charge on any atom is 0.339 e. The van der Waals surface area contributed by atoms with Gasteiger partial charge in [-0.3, -0.25) is 0 Å². The van der Waals surface area contributed by atoms with Gasteiger partial charge >= 0.3 is 8.56 Å². The summed E-state index contributed by atoms with van der Waals surface area (Å²) in [6, 6.07) is 1.77. The molecule has 0 saturated heterocycles. The van der Waals surface area contributed by atoms with Gasteiger partial charge in [-0.25, -0.2) is 4.39 Å². The Bertz CT molecular complexity index is 175. The highest BCUT2D eigenvalue weighted by molar-refractivity contribution is 6.67. The summed E-state index contributed by atoms with van der Waals surface area (Å²) in [5.74, 6) is 0. The van der Waals surface area contributed by atoms with E-state index in [0.29, 0.717) is 0 Å². The van der Waals surface area contributed by atoms with Crippen LogP contribution in [0.1, 0.15) is 65.2 Å². The minimum Gasteiger partial charge on any atom is -0.398 e. The van der Waals surface area contributed by atoms with Crippen molar-refractivity contribution in [2.45, 2.75) is 77.3 Å². The third-order valence-corrected chi connectivity index (χ3v) is 7.21. The van der Waals surface area contributed by atoms with Crippen molar-refractivity contribution in [3.8, 4) is 0 Å². The SMILES string of the molecule is CCCCCCCCCC[Si](CC)(OC)OCF. The lowest BCUT2D eigenvalue weighted by Gasteiger charge is -2.26. The Labute approximate surface area is 114 Å². The largest absolute Gasteiger partial charge is 0.398 e. The molecule has 0 spiro atoms. The molecule has 0 fully saturated rings. The van der Waals surface area contributed by atoms with Crippen LogP contribution in [0.3, 0.4) is 0 Å². The first-order valence-electron chi connectivity index (χ1n) is 7.49. The Kier molecular flexibility index (Phi) is 12.2. The lowest BCUT2D eigenvalue weighted by molar-refractivity contribution is 0.126. The average molecular weight is 278 g/mol. The van der Waals surface area contributed by atoms with E-state index in [-0.39, 0.29) is 0 Å². The van der Waals surface area contributed by atoms with E-state index < -0.39 is 15.4 Å². The number of rotatable bonds is 13. The zero-order valence-corrected chi connectivity index (χ0v) is 13.5. The van der Waals surface area contributed by atoms with Gasteiger partial charge in [0.15, 0.2) is 6.86 Å². The minimum atomic E-state index is -2.20. The van der Waals surface area contributed by atoms with E-state index in [1.165, 1.54) is 44.9 Å². The van der Waals surface area contributed by atoms with Crippen LogP contribution in [0.25, 0.3) is 0 Å². The van der Waals surface area contributed by atoms with E-state index in [1.807, 2.05) is 6.92 Å². The van der Waals surface area contributed by atoms with Crippen LogP contribution in [0, 0.1) is 0 Å². The van der Waals surface area contributed by atoms with Crippen molar-refractivity contribution in [2.75, 3.05) is 14.0 Å². The molecule has 0 bridgehead atoms. The quantitative estimate of drug-likeness (QED) is 0.341. The molecule has 4 heteroatoms. The van der Waals surface area contributed by atoms with Crippen LogP contribution in [-0.4, -0.2) is 22.5 Å². The van der Waals surface area contributed by atoms with E-state index in [9.17, 15) is 4.39 Å². The first kappa shape index (κ1) is 18.1. The summed E-state index contributed by atoms with van der Waals surface area (Å²) in [7, 11) is -0.537. The number of unbranched alkanes of at least 4 members (excludes halogenated alkanes) is 7. The fourth-order valence-corrected chi connectivity index (χ4v) is 4.58. The summed E-state index contributed by atoms with van der Waals surface area (Å²) in [5.41, 5.74) is 0. The second kappa shape index (κ2) is 12.1. The van der Waals surface area contributed by atoms with E-state index in [4.69, 9.17) is 8.85 Å². The Hall–Kier alpha value is 0.0669. The molecule has 0 heterocycles. The highest BCUT2D eigenvalue weighted by Crippen LogP contribution is 2.22. The minimum absolute atomic E-state index is 0.703. The van der Waals surface area contributed by atoms with Crippen molar-refractivity contribution in [1.29, 1.82) is 0 Å². The van der Waals surface area contributed by atoms with Crippen molar-refractivity contribution in [2.24, 2.45) is 0 Å². The standard InChI is InChI=1S/C14H31FO2Si/c1-4-6-7-8-9-10-11-12-13-18(5-2,16-3)17-14-15/h4-14H2,1-3H3. The Morgan fingerprint density at radius 2 is 1.44 bits per heavy atom. The Morgan fingerprint density at radius 1 is 0.889 bits per heavy atom. The maximum atomic E-state index is 12.3. The van der Waals surface area contributed by atoms with Crippen molar-refractivity contribution in [3.05, 3.63) is 0 Å². The van der Waals surface area contributed by atoms with Crippen LogP contribution in [0.2, 0.25) is 12.1 Å². The number of hydrogen-bond donors (Lipinski definition) is 0. The van der Waals surface area contributed by atoms with Gasteiger partial charge in [-0.15, -0.1) is 0 Å². The molecule has 0 aromatic rings. The zero-order chi connectivity index (χ0) is 13.7. The van der Waals surface area contributed by atoms with Crippen LogP contribution in [0.15, 0.2) is 0 Å². The molecule has 0 aliphatic carbocycles. The lowest BCUT2D eigenvalue weighted by atomic mass is 10.1. The molecule has 0 aromatic heterocycles. The molecule has 0 amide bonds. The average Bonchev–Trinajstić information content (AvgIpc) is 2.40. The van der Waals surface area contributed by atoms with E-state index in [2.05, 4.69) is 6.92 Å². The smallest absolute Gasteiger partial charge is 0.339 e. The summed E-state index contributed by atoms with van der Waals surface area (Å²) in [6.45, 7) is 3.58.